The number of anilines is 2. The minimum absolute atomic E-state index is 0.00391. The van der Waals surface area contributed by atoms with Crippen LogP contribution >= 0.6 is 11.3 Å². The van der Waals surface area contributed by atoms with Gasteiger partial charge in [-0.15, -0.1) is 16.4 Å². The van der Waals surface area contributed by atoms with Gasteiger partial charge in [0.05, 0.1) is 60.3 Å². The standard InChI is InChI=1S/C26H28N6O4S/c1-5-6-7-24(33)28-17-11-23(37-15-17)20-13-27-12-19(29-20)16-8-9-18(22(10-16)35-3)25(34)30-21-14-32(2)31-26(21)36-4/h8-15H,5-7H2,1-4H3,(H,28,33)(H,30,34). The van der Waals surface area contributed by atoms with Crippen molar-refractivity contribution in [2.24, 2.45) is 7.05 Å². The lowest BCUT2D eigenvalue weighted by Crippen LogP contribution is -2.13. The zero-order chi connectivity index (χ0) is 26.4. The maximum atomic E-state index is 13.0. The van der Waals surface area contributed by atoms with E-state index in [0.29, 0.717) is 40.7 Å². The Hall–Kier alpha value is -4.25. The van der Waals surface area contributed by atoms with Gasteiger partial charge >= 0.3 is 0 Å². The van der Waals surface area contributed by atoms with Crippen LogP contribution in [0.1, 0.15) is 36.5 Å². The normalized spacial score (nSPS) is 10.7. The Morgan fingerprint density at radius 1 is 1.08 bits per heavy atom. The molecule has 0 radical (unpaired) electrons. The molecule has 192 valence electrons. The molecule has 0 spiro atoms. The molecule has 0 aliphatic heterocycles. The fraction of sp³-hybridized carbons (Fsp3) is 0.269. The first-order valence-corrected chi connectivity index (χ1v) is 12.6. The van der Waals surface area contributed by atoms with E-state index in [2.05, 4.69) is 27.6 Å². The Labute approximate surface area is 218 Å². The van der Waals surface area contributed by atoms with Crippen molar-refractivity contribution >= 4 is 34.5 Å². The highest BCUT2D eigenvalue weighted by molar-refractivity contribution is 7.14. The van der Waals surface area contributed by atoms with Gasteiger partial charge in [0.2, 0.25) is 5.91 Å². The highest BCUT2D eigenvalue weighted by Crippen LogP contribution is 2.32. The molecule has 2 amide bonds. The summed E-state index contributed by atoms with van der Waals surface area (Å²) in [7, 11) is 4.73. The molecule has 0 saturated heterocycles. The number of hydrogen-bond acceptors (Lipinski definition) is 8. The van der Waals surface area contributed by atoms with Crippen molar-refractivity contribution in [1.29, 1.82) is 0 Å². The van der Waals surface area contributed by atoms with Crippen LogP contribution in [0.5, 0.6) is 11.6 Å². The van der Waals surface area contributed by atoms with Gasteiger partial charge in [0.1, 0.15) is 11.4 Å². The number of methoxy groups -OCH3 is 2. The van der Waals surface area contributed by atoms with Crippen molar-refractivity contribution in [1.82, 2.24) is 19.7 Å². The van der Waals surface area contributed by atoms with E-state index in [1.165, 1.54) is 25.6 Å². The fourth-order valence-electron chi connectivity index (χ4n) is 3.65. The molecule has 11 heteroatoms. The van der Waals surface area contributed by atoms with Crippen molar-refractivity contribution in [2.75, 3.05) is 24.9 Å². The van der Waals surface area contributed by atoms with Crippen molar-refractivity contribution in [3.8, 4) is 33.5 Å². The number of benzene rings is 1. The lowest BCUT2D eigenvalue weighted by atomic mass is 10.1. The van der Waals surface area contributed by atoms with Gasteiger partial charge in [-0.25, -0.2) is 4.98 Å². The number of rotatable bonds is 10. The minimum atomic E-state index is -0.360. The topological polar surface area (TPSA) is 120 Å². The number of thiophene rings is 1. The average Bonchev–Trinajstić information content (AvgIpc) is 3.52. The Balaban J connectivity index is 1.54. The molecule has 0 unspecified atom stereocenters. The summed E-state index contributed by atoms with van der Waals surface area (Å²) in [6.45, 7) is 2.05. The maximum absolute atomic E-state index is 13.0. The van der Waals surface area contributed by atoms with Crippen LogP contribution in [0.3, 0.4) is 0 Å². The van der Waals surface area contributed by atoms with Gasteiger partial charge in [0.15, 0.2) is 0 Å². The highest BCUT2D eigenvalue weighted by Gasteiger charge is 2.18. The molecular formula is C26H28N6O4S. The van der Waals surface area contributed by atoms with E-state index in [9.17, 15) is 9.59 Å². The zero-order valence-corrected chi connectivity index (χ0v) is 21.9. The number of nitrogens with one attached hydrogen (secondary N) is 2. The number of aromatic nitrogens is 4. The Morgan fingerprint density at radius 2 is 1.89 bits per heavy atom. The SMILES string of the molecule is CCCCC(=O)Nc1csc(-c2cncc(-c3ccc(C(=O)Nc4cn(C)nc4OC)c(OC)c3)n2)c1. The molecular weight excluding hydrogens is 492 g/mol. The number of unbranched alkanes of at least 4 members (excludes halogenated alkanes) is 1. The molecule has 4 aromatic rings. The fourth-order valence-corrected chi connectivity index (χ4v) is 4.45. The van der Waals surface area contributed by atoms with Gasteiger partial charge in [0, 0.05) is 24.4 Å². The maximum Gasteiger partial charge on any atom is 0.259 e. The Morgan fingerprint density at radius 3 is 2.65 bits per heavy atom. The number of carbonyl (C=O) groups is 2. The number of carbonyl (C=O) groups excluding carboxylic acids is 2. The zero-order valence-electron chi connectivity index (χ0n) is 21.1. The van der Waals surface area contributed by atoms with Crippen LogP contribution < -0.4 is 20.1 Å². The lowest BCUT2D eigenvalue weighted by molar-refractivity contribution is -0.116. The van der Waals surface area contributed by atoms with Crippen molar-refractivity contribution < 1.29 is 19.1 Å². The molecule has 0 atom stereocenters. The quantitative estimate of drug-likeness (QED) is 0.302. The third-order valence-electron chi connectivity index (χ3n) is 5.51. The molecule has 4 rings (SSSR count). The summed E-state index contributed by atoms with van der Waals surface area (Å²) >= 11 is 1.48. The molecule has 1 aromatic carbocycles. The van der Waals surface area contributed by atoms with E-state index >= 15 is 0 Å². The highest BCUT2D eigenvalue weighted by atomic mass is 32.1. The second-order valence-corrected chi connectivity index (χ2v) is 9.15. The smallest absolute Gasteiger partial charge is 0.259 e. The van der Waals surface area contributed by atoms with Crippen LogP contribution in [0.25, 0.3) is 21.8 Å². The molecule has 0 fully saturated rings. The van der Waals surface area contributed by atoms with Crippen LogP contribution in [0.15, 0.2) is 48.2 Å². The van der Waals surface area contributed by atoms with Crippen LogP contribution in [-0.4, -0.2) is 45.8 Å². The second-order valence-electron chi connectivity index (χ2n) is 8.24. The molecule has 0 saturated carbocycles. The van der Waals surface area contributed by atoms with E-state index < -0.39 is 0 Å². The Kier molecular flexibility index (Phi) is 8.14. The summed E-state index contributed by atoms with van der Waals surface area (Å²) in [6, 6.07) is 7.11. The minimum Gasteiger partial charge on any atom is -0.496 e. The summed E-state index contributed by atoms with van der Waals surface area (Å²) in [5, 5.41) is 11.8. The van der Waals surface area contributed by atoms with Gasteiger partial charge < -0.3 is 20.1 Å². The third-order valence-corrected chi connectivity index (χ3v) is 6.46. The monoisotopic (exact) mass is 520 g/mol. The molecule has 3 heterocycles. The largest absolute Gasteiger partial charge is 0.496 e. The van der Waals surface area contributed by atoms with Crippen molar-refractivity contribution in [3.63, 3.8) is 0 Å². The van der Waals surface area contributed by atoms with E-state index in [-0.39, 0.29) is 11.8 Å². The number of amides is 2. The van der Waals surface area contributed by atoms with E-state index in [4.69, 9.17) is 14.5 Å². The van der Waals surface area contributed by atoms with Gasteiger partial charge in [-0.1, -0.05) is 19.4 Å². The van der Waals surface area contributed by atoms with Crippen LogP contribution in [0, 0.1) is 0 Å². The first kappa shape index (κ1) is 25.8. The molecule has 37 heavy (non-hydrogen) atoms. The van der Waals surface area contributed by atoms with E-state index in [1.807, 2.05) is 11.4 Å². The van der Waals surface area contributed by atoms with Gasteiger partial charge in [-0.3, -0.25) is 19.3 Å². The summed E-state index contributed by atoms with van der Waals surface area (Å²) in [5.41, 5.74) is 3.60. The van der Waals surface area contributed by atoms with Crippen molar-refractivity contribution in [2.45, 2.75) is 26.2 Å². The molecule has 0 bridgehead atoms. The molecule has 0 aliphatic rings. The first-order chi connectivity index (χ1) is 17.9. The third kappa shape index (κ3) is 6.12. The van der Waals surface area contributed by atoms with Gasteiger partial charge in [-0.2, -0.15) is 0 Å². The summed E-state index contributed by atoms with van der Waals surface area (Å²) in [6.07, 6.45) is 7.32. The molecule has 10 nitrogen and oxygen atoms in total. The van der Waals surface area contributed by atoms with E-state index in [0.717, 1.165) is 29.0 Å². The first-order valence-electron chi connectivity index (χ1n) is 11.7. The van der Waals surface area contributed by atoms with Gasteiger partial charge in [0.25, 0.3) is 11.8 Å². The average molecular weight is 521 g/mol. The lowest BCUT2D eigenvalue weighted by Gasteiger charge is -2.11. The number of hydrogen-bond donors (Lipinski definition) is 2. The molecule has 3 aromatic heterocycles. The van der Waals surface area contributed by atoms with Crippen LogP contribution in [-0.2, 0) is 11.8 Å². The number of aryl methyl sites for hydroxylation is 1. The van der Waals surface area contributed by atoms with Crippen molar-refractivity contribution in [3.05, 3.63) is 53.8 Å². The van der Waals surface area contributed by atoms with Crippen LogP contribution in [0.2, 0.25) is 0 Å². The number of nitrogens with zero attached hydrogens (tertiary/aromatic N) is 4. The Bertz CT molecular complexity index is 1410. The van der Waals surface area contributed by atoms with E-state index in [1.54, 1.807) is 48.5 Å². The summed E-state index contributed by atoms with van der Waals surface area (Å²) in [4.78, 5) is 35.0. The predicted molar refractivity (Wildman–Crippen MR) is 143 cm³/mol. The van der Waals surface area contributed by atoms with Crippen LogP contribution in [0.4, 0.5) is 11.4 Å². The number of ether oxygens (including phenoxy) is 2. The summed E-state index contributed by atoms with van der Waals surface area (Å²) < 4.78 is 12.3. The molecule has 0 aliphatic carbocycles. The summed E-state index contributed by atoms with van der Waals surface area (Å²) in [5.74, 6) is 0.347. The second kappa shape index (κ2) is 11.7. The predicted octanol–water partition coefficient (Wildman–Crippen LogP) is 5.00. The molecule has 2 N–H and O–H groups in total. The van der Waals surface area contributed by atoms with Gasteiger partial charge in [-0.05, 0) is 24.6 Å².